The minimum absolute atomic E-state index is 0.229. The lowest BCUT2D eigenvalue weighted by atomic mass is 10.2. The molecule has 0 bridgehead atoms. The van der Waals surface area contributed by atoms with Gasteiger partial charge in [0, 0.05) is 22.7 Å². The lowest BCUT2D eigenvalue weighted by Gasteiger charge is -1.96. The molecule has 0 aliphatic rings. The molecule has 0 aliphatic heterocycles. The summed E-state index contributed by atoms with van der Waals surface area (Å²) in [6, 6.07) is 11.5. The number of hydrogen-bond donors (Lipinski definition) is 1. The first-order valence-electron chi connectivity index (χ1n) is 5.90. The molecule has 2 aromatic rings. The van der Waals surface area contributed by atoms with Crippen LogP contribution in [0.25, 0.3) is 10.9 Å². The molecule has 1 aromatic carbocycles. The largest absolute Gasteiger partial charge is 0.333 e. The van der Waals surface area contributed by atoms with Gasteiger partial charge in [0.1, 0.15) is 13.0 Å². The fourth-order valence-electron chi connectivity index (χ4n) is 1.87. The number of aromatic nitrogens is 1. The van der Waals surface area contributed by atoms with Crippen molar-refractivity contribution in [1.82, 2.24) is 9.99 Å². The van der Waals surface area contributed by atoms with Crippen LogP contribution in [0.15, 0.2) is 35.6 Å². The normalized spacial score (nSPS) is 10.3. The van der Waals surface area contributed by atoms with Crippen LogP contribution in [0.1, 0.15) is 12.0 Å². The van der Waals surface area contributed by atoms with E-state index >= 15 is 0 Å². The summed E-state index contributed by atoms with van der Waals surface area (Å²) in [6.45, 7) is 0.245. The molecular formula is C14H11N5O. The van der Waals surface area contributed by atoms with E-state index in [1.54, 1.807) is 12.3 Å². The summed E-state index contributed by atoms with van der Waals surface area (Å²) in [5.74, 6) is -0.454. The van der Waals surface area contributed by atoms with Gasteiger partial charge in [-0.25, -0.2) is 5.43 Å². The number of fused-ring (bicyclic) bond motifs is 1. The zero-order valence-corrected chi connectivity index (χ0v) is 10.6. The van der Waals surface area contributed by atoms with Gasteiger partial charge >= 0.3 is 0 Å². The predicted octanol–water partition coefficient (Wildman–Crippen LogP) is 1.53. The van der Waals surface area contributed by atoms with E-state index in [4.69, 9.17) is 10.5 Å². The van der Waals surface area contributed by atoms with Gasteiger partial charge < -0.3 is 4.57 Å². The van der Waals surface area contributed by atoms with Gasteiger partial charge in [0.25, 0.3) is 5.91 Å². The van der Waals surface area contributed by atoms with Gasteiger partial charge in [-0.3, -0.25) is 4.79 Å². The highest BCUT2D eigenvalue weighted by molar-refractivity contribution is 5.99. The van der Waals surface area contributed by atoms with Crippen LogP contribution in [-0.4, -0.2) is 16.7 Å². The molecule has 0 radical (unpaired) electrons. The molecule has 0 atom stereocenters. The third-order valence-electron chi connectivity index (χ3n) is 2.69. The van der Waals surface area contributed by atoms with E-state index in [1.165, 1.54) is 6.21 Å². The number of carbonyl (C=O) groups is 1. The van der Waals surface area contributed by atoms with Crippen LogP contribution in [0.5, 0.6) is 0 Å². The van der Waals surface area contributed by atoms with Crippen LogP contribution in [0.4, 0.5) is 0 Å². The number of benzene rings is 1. The average molecular weight is 265 g/mol. The van der Waals surface area contributed by atoms with Gasteiger partial charge in [0.05, 0.1) is 18.4 Å². The Balaban J connectivity index is 2.27. The maximum Gasteiger partial charge on any atom is 0.254 e. The van der Waals surface area contributed by atoms with Gasteiger partial charge in [-0.15, -0.1) is 0 Å². The Morgan fingerprint density at radius 1 is 1.35 bits per heavy atom. The van der Waals surface area contributed by atoms with Gasteiger partial charge in [0.15, 0.2) is 0 Å². The fourth-order valence-corrected chi connectivity index (χ4v) is 1.87. The van der Waals surface area contributed by atoms with Crippen molar-refractivity contribution in [2.75, 3.05) is 0 Å². The zero-order valence-electron chi connectivity index (χ0n) is 10.6. The van der Waals surface area contributed by atoms with Crippen molar-refractivity contribution < 1.29 is 4.79 Å². The molecule has 1 aromatic heterocycles. The van der Waals surface area contributed by atoms with Crippen LogP contribution in [0.3, 0.4) is 0 Å². The number of hydrazone groups is 1. The first kappa shape index (κ1) is 13.3. The van der Waals surface area contributed by atoms with Crippen molar-refractivity contribution in [2.24, 2.45) is 5.10 Å². The van der Waals surface area contributed by atoms with Gasteiger partial charge in [-0.1, -0.05) is 18.2 Å². The summed E-state index contributed by atoms with van der Waals surface area (Å²) in [5.41, 5.74) is 4.00. The number of amides is 1. The Bertz CT molecular complexity index is 745. The number of rotatable bonds is 4. The molecular weight excluding hydrogens is 254 g/mol. The van der Waals surface area contributed by atoms with E-state index in [0.717, 1.165) is 16.5 Å². The maximum absolute atomic E-state index is 11.1. The topological polar surface area (TPSA) is 94.0 Å². The lowest BCUT2D eigenvalue weighted by molar-refractivity contribution is -0.120. The average Bonchev–Trinajstić information content (AvgIpc) is 2.79. The van der Waals surface area contributed by atoms with Gasteiger partial charge in [-0.2, -0.15) is 15.6 Å². The zero-order chi connectivity index (χ0) is 14.4. The highest BCUT2D eigenvalue weighted by Crippen LogP contribution is 2.19. The molecule has 1 amide bonds. The van der Waals surface area contributed by atoms with Crippen molar-refractivity contribution in [2.45, 2.75) is 13.0 Å². The monoisotopic (exact) mass is 265 g/mol. The molecule has 0 aliphatic carbocycles. The second-order valence-electron chi connectivity index (χ2n) is 4.02. The quantitative estimate of drug-likeness (QED) is 0.670. The van der Waals surface area contributed by atoms with Crippen LogP contribution >= 0.6 is 0 Å². The molecule has 1 heterocycles. The van der Waals surface area contributed by atoms with Crippen molar-refractivity contribution >= 4 is 23.0 Å². The number of nitriles is 2. The molecule has 0 fully saturated rings. The van der Waals surface area contributed by atoms with E-state index in [9.17, 15) is 4.79 Å². The predicted molar refractivity (Wildman–Crippen MR) is 73.5 cm³/mol. The number of carbonyl (C=O) groups excluding carboxylic acids is 1. The smallest absolute Gasteiger partial charge is 0.254 e. The van der Waals surface area contributed by atoms with E-state index in [2.05, 4.69) is 16.6 Å². The highest BCUT2D eigenvalue weighted by Gasteiger charge is 2.06. The van der Waals surface area contributed by atoms with Crippen molar-refractivity contribution in [3.05, 3.63) is 36.0 Å². The first-order chi connectivity index (χ1) is 9.76. The van der Waals surface area contributed by atoms with Crippen LogP contribution in [0, 0.1) is 22.7 Å². The number of nitrogens with zero attached hydrogens (tertiary/aromatic N) is 4. The molecule has 0 saturated heterocycles. The summed E-state index contributed by atoms with van der Waals surface area (Å²) < 4.78 is 1.81. The highest BCUT2D eigenvalue weighted by atomic mass is 16.2. The standard InChI is InChI=1S/C14H11N5O/c15-6-5-14(20)18-17-9-11-10-19(8-7-16)13-4-2-1-3-12(11)13/h1-4,9-10H,5,8H2,(H,18,20). The minimum Gasteiger partial charge on any atom is -0.333 e. The molecule has 2 rings (SSSR count). The summed E-state index contributed by atoms with van der Waals surface area (Å²) in [5, 5.41) is 21.9. The van der Waals surface area contributed by atoms with Crippen LogP contribution < -0.4 is 5.43 Å². The minimum atomic E-state index is -0.454. The van der Waals surface area contributed by atoms with E-state index in [-0.39, 0.29) is 13.0 Å². The third-order valence-corrected chi connectivity index (χ3v) is 2.69. The number of nitrogens with one attached hydrogen (secondary N) is 1. The summed E-state index contributed by atoms with van der Waals surface area (Å²) in [4.78, 5) is 11.1. The second kappa shape index (κ2) is 6.17. The number of hydrogen-bond acceptors (Lipinski definition) is 4. The third kappa shape index (κ3) is 2.82. The lowest BCUT2D eigenvalue weighted by Crippen LogP contribution is -2.16. The summed E-state index contributed by atoms with van der Waals surface area (Å²) >= 11 is 0. The Labute approximate surface area is 115 Å². The SMILES string of the molecule is N#CCC(=O)NN=Cc1cn(CC#N)c2ccccc12. The number of para-hydroxylation sites is 1. The van der Waals surface area contributed by atoms with Gasteiger partial charge in [0.2, 0.25) is 0 Å². The Kier molecular flexibility index (Phi) is 4.10. The molecule has 6 heteroatoms. The fraction of sp³-hybridized carbons (Fsp3) is 0.143. The van der Waals surface area contributed by atoms with Crippen molar-refractivity contribution in [3.8, 4) is 12.1 Å². The maximum atomic E-state index is 11.1. The van der Waals surface area contributed by atoms with Crippen LogP contribution in [0.2, 0.25) is 0 Å². The molecule has 20 heavy (non-hydrogen) atoms. The Morgan fingerprint density at radius 2 is 2.15 bits per heavy atom. The summed E-state index contributed by atoms with van der Waals surface area (Å²) in [6.07, 6.45) is 3.08. The Morgan fingerprint density at radius 3 is 2.90 bits per heavy atom. The van der Waals surface area contributed by atoms with Crippen LogP contribution in [-0.2, 0) is 11.3 Å². The van der Waals surface area contributed by atoms with E-state index in [0.29, 0.717) is 0 Å². The second-order valence-corrected chi connectivity index (χ2v) is 4.02. The molecule has 0 saturated carbocycles. The van der Waals surface area contributed by atoms with Gasteiger partial charge in [-0.05, 0) is 6.07 Å². The summed E-state index contributed by atoms with van der Waals surface area (Å²) in [7, 11) is 0. The van der Waals surface area contributed by atoms with E-state index < -0.39 is 5.91 Å². The van der Waals surface area contributed by atoms with E-state index in [1.807, 2.05) is 28.8 Å². The molecule has 1 N–H and O–H groups in total. The first-order valence-corrected chi connectivity index (χ1v) is 5.90. The molecule has 0 unspecified atom stereocenters. The van der Waals surface area contributed by atoms with Crippen molar-refractivity contribution in [1.29, 1.82) is 10.5 Å². The molecule has 6 nitrogen and oxygen atoms in total. The Hall–Kier alpha value is -3.12. The van der Waals surface area contributed by atoms with Crippen molar-refractivity contribution in [3.63, 3.8) is 0 Å². The molecule has 98 valence electrons. The molecule has 0 spiro atoms.